The Morgan fingerprint density at radius 1 is 1.33 bits per heavy atom. The summed E-state index contributed by atoms with van der Waals surface area (Å²) >= 11 is 0. The molecule has 2 rings (SSSR count). The van der Waals surface area contributed by atoms with Crippen LogP contribution in [0.1, 0.15) is 49.7 Å². The molecule has 4 heteroatoms. The summed E-state index contributed by atoms with van der Waals surface area (Å²) in [6, 6.07) is 4.70. The SMILES string of the molecule is Cc1cc(F)ccc1CCNC(=O)CC1(O)CCCCC1. The third kappa shape index (κ3) is 4.81. The van der Waals surface area contributed by atoms with E-state index < -0.39 is 5.60 Å². The fourth-order valence-corrected chi connectivity index (χ4v) is 3.02. The molecule has 116 valence electrons. The van der Waals surface area contributed by atoms with Crippen LogP contribution in [0, 0.1) is 12.7 Å². The zero-order chi connectivity index (χ0) is 15.3. The van der Waals surface area contributed by atoms with E-state index in [-0.39, 0.29) is 18.1 Å². The number of rotatable bonds is 5. The van der Waals surface area contributed by atoms with Crippen LogP contribution in [0.3, 0.4) is 0 Å². The van der Waals surface area contributed by atoms with Crippen LogP contribution < -0.4 is 5.32 Å². The Bertz CT molecular complexity index is 496. The van der Waals surface area contributed by atoms with Crippen molar-refractivity contribution >= 4 is 5.91 Å². The molecule has 0 heterocycles. The first-order valence-electron chi connectivity index (χ1n) is 7.73. The second kappa shape index (κ2) is 7.03. The van der Waals surface area contributed by atoms with E-state index in [1.807, 2.05) is 6.92 Å². The average Bonchev–Trinajstić information content (AvgIpc) is 2.41. The maximum absolute atomic E-state index is 13.0. The molecule has 1 aromatic carbocycles. The Hall–Kier alpha value is -1.42. The van der Waals surface area contributed by atoms with Crippen LogP contribution in [0.2, 0.25) is 0 Å². The zero-order valence-electron chi connectivity index (χ0n) is 12.6. The zero-order valence-corrected chi connectivity index (χ0v) is 12.6. The molecule has 1 aromatic rings. The second-order valence-corrected chi connectivity index (χ2v) is 6.13. The van der Waals surface area contributed by atoms with Gasteiger partial charge in [0.05, 0.1) is 12.0 Å². The highest BCUT2D eigenvalue weighted by Crippen LogP contribution is 2.30. The molecular weight excluding hydrogens is 269 g/mol. The standard InChI is InChI=1S/C17H24FNO2/c1-13-11-15(18)6-5-14(13)7-10-19-16(20)12-17(21)8-3-2-4-9-17/h5-6,11,21H,2-4,7-10,12H2,1H3,(H,19,20). The van der Waals surface area contributed by atoms with Gasteiger partial charge in [-0.25, -0.2) is 4.39 Å². The summed E-state index contributed by atoms with van der Waals surface area (Å²) in [4.78, 5) is 11.9. The van der Waals surface area contributed by atoms with Crippen molar-refractivity contribution in [2.24, 2.45) is 0 Å². The number of carbonyl (C=O) groups is 1. The first-order chi connectivity index (χ1) is 9.98. The van der Waals surface area contributed by atoms with Crippen molar-refractivity contribution in [2.75, 3.05) is 6.54 Å². The second-order valence-electron chi connectivity index (χ2n) is 6.13. The van der Waals surface area contributed by atoms with Crippen LogP contribution in [-0.2, 0) is 11.2 Å². The van der Waals surface area contributed by atoms with Crippen LogP contribution in [0.25, 0.3) is 0 Å². The van der Waals surface area contributed by atoms with Crippen molar-refractivity contribution in [1.29, 1.82) is 0 Å². The van der Waals surface area contributed by atoms with Gasteiger partial charge in [-0.05, 0) is 49.4 Å². The van der Waals surface area contributed by atoms with Gasteiger partial charge in [0.1, 0.15) is 5.82 Å². The fraction of sp³-hybridized carbons (Fsp3) is 0.588. The van der Waals surface area contributed by atoms with Gasteiger partial charge >= 0.3 is 0 Å². The number of carbonyl (C=O) groups excluding carboxylic acids is 1. The maximum Gasteiger partial charge on any atom is 0.222 e. The first-order valence-corrected chi connectivity index (χ1v) is 7.73. The van der Waals surface area contributed by atoms with Crippen molar-refractivity contribution in [3.8, 4) is 0 Å². The third-order valence-electron chi connectivity index (χ3n) is 4.30. The molecule has 0 aromatic heterocycles. The van der Waals surface area contributed by atoms with E-state index in [1.165, 1.54) is 12.1 Å². The molecule has 1 saturated carbocycles. The van der Waals surface area contributed by atoms with Gasteiger partial charge in [-0.1, -0.05) is 25.3 Å². The van der Waals surface area contributed by atoms with Crippen molar-refractivity contribution < 1.29 is 14.3 Å². The van der Waals surface area contributed by atoms with Gasteiger partial charge in [-0.15, -0.1) is 0 Å². The number of hydrogen-bond donors (Lipinski definition) is 2. The van der Waals surface area contributed by atoms with Crippen LogP contribution in [0.15, 0.2) is 18.2 Å². The van der Waals surface area contributed by atoms with Crippen molar-refractivity contribution in [3.05, 3.63) is 35.1 Å². The van der Waals surface area contributed by atoms with E-state index in [9.17, 15) is 14.3 Å². The minimum absolute atomic E-state index is 0.0980. The Morgan fingerprint density at radius 3 is 2.71 bits per heavy atom. The highest BCUT2D eigenvalue weighted by molar-refractivity contribution is 5.77. The molecule has 0 radical (unpaired) electrons. The number of aryl methyl sites for hydroxylation is 1. The van der Waals surface area contributed by atoms with Gasteiger partial charge < -0.3 is 10.4 Å². The predicted octanol–water partition coefficient (Wildman–Crippen LogP) is 2.88. The third-order valence-corrected chi connectivity index (χ3v) is 4.30. The molecule has 0 bridgehead atoms. The lowest BCUT2D eigenvalue weighted by molar-refractivity contribution is -0.127. The molecule has 0 saturated heterocycles. The van der Waals surface area contributed by atoms with Crippen LogP contribution >= 0.6 is 0 Å². The fourth-order valence-electron chi connectivity index (χ4n) is 3.02. The lowest BCUT2D eigenvalue weighted by atomic mass is 9.82. The average molecular weight is 293 g/mol. The molecule has 0 aliphatic heterocycles. The molecule has 1 amide bonds. The monoisotopic (exact) mass is 293 g/mol. The van der Waals surface area contributed by atoms with E-state index in [0.29, 0.717) is 13.0 Å². The van der Waals surface area contributed by atoms with Crippen LogP contribution in [0.5, 0.6) is 0 Å². The number of halogens is 1. The lowest BCUT2D eigenvalue weighted by Crippen LogP contribution is -2.38. The summed E-state index contributed by atoms with van der Waals surface area (Å²) in [5.74, 6) is -0.334. The molecule has 1 fully saturated rings. The van der Waals surface area contributed by atoms with Crippen LogP contribution in [0.4, 0.5) is 4.39 Å². The van der Waals surface area contributed by atoms with Crippen molar-refractivity contribution in [2.45, 2.75) is 57.5 Å². The first kappa shape index (κ1) is 16.0. The molecule has 1 aliphatic carbocycles. The molecule has 1 aliphatic rings. The minimum atomic E-state index is -0.811. The minimum Gasteiger partial charge on any atom is -0.389 e. The Labute approximate surface area is 125 Å². The lowest BCUT2D eigenvalue weighted by Gasteiger charge is -2.31. The van der Waals surface area contributed by atoms with E-state index in [1.54, 1.807) is 6.07 Å². The smallest absolute Gasteiger partial charge is 0.222 e. The number of nitrogens with one attached hydrogen (secondary N) is 1. The summed E-state index contributed by atoms with van der Waals surface area (Å²) in [5, 5.41) is 13.2. The van der Waals surface area contributed by atoms with Gasteiger partial charge in [-0.2, -0.15) is 0 Å². The molecular formula is C17H24FNO2. The molecule has 2 N–H and O–H groups in total. The Kier molecular flexibility index (Phi) is 5.34. The highest BCUT2D eigenvalue weighted by Gasteiger charge is 2.31. The highest BCUT2D eigenvalue weighted by atomic mass is 19.1. The Morgan fingerprint density at radius 2 is 2.05 bits per heavy atom. The largest absolute Gasteiger partial charge is 0.389 e. The Balaban J connectivity index is 1.76. The number of benzene rings is 1. The number of amides is 1. The van der Waals surface area contributed by atoms with E-state index in [4.69, 9.17) is 0 Å². The predicted molar refractivity (Wildman–Crippen MR) is 80.5 cm³/mol. The molecule has 3 nitrogen and oxygen atoms in total. The molecule has 0 unspecified atom stereocenters. The summed E-state index contributed by atoms with van der Waals surface area (Å²) in [6.45, 7) is 2.38. The number of aliphatic hydroxyl groups is 1. The van der Waals surface area contributed by atoms with Gasteiger partial charge in [0.25, 0.3) is 0 Å². The summed E-state index contributed by atoms with van der Waals surface area (Å²) in [5.41, 5.74) is 1.12. The summed E-state index contributed by atoms with van der Waals surface area (Å²) < 4.78 is 13.0. The quantitative estimate of drug-likeness (QED) is 0.877. The van der Waals surface area contributed by atoms with Gasteiger partial charge in [0.2, 0.25) is 5.91 Å². The number of hydrogen-bond acceptors (Lipinski definition) is 2. The van der Waals surface area contributed by atoms with Crippen molar-refractivity contribution in [3.63, 3.8) is 0 Å². The van der Waals surface area contributed by atoms with E-state index in [0.717, 1.165) is 43.2 Å². The molecule has 21 heavy (non-hydrogen) atoms. The van der Waals surface area contributed by atoms with Gasteiger partial charge in [0, 0.05) is 6.54 Å². The van der Waals surface area contributed by atoms with Gasteiger partial charge in [0.15, 0.2) is 0 Å². The summed E-state index contributed by atoms with van der Waals surface area (Å²) in [6.07, 6.45) is 5.45. The maximum atomic E-state index is 13.0. The molecule has 0 atom stereocenters. The van der Waals surface area contributed by atoms with E-state index in [2.05, 4.69) is 5.32 Å². The van der Waals surface area contributed by atoms with Crippen LogP contribution in [-0.4, -0.2) is 23.2 Å². The van der Waals surface area contributed by atoms with E-state index >= 15 is 0 Å². The topological polar surface area (TPSA) is 49.3 Å². The molecule has 0 spiro atoms. The van der Waals surface area contributed by atoms with Gasteiger partial charge in [-0.3, -0.25) is 4.79 Å². The van der Waals surface area contributed by atoms with Crippen molar-refractivity contribution in [1.82, 2.24) is 5.32 Å². The summed E-state index contributed by atoms with van der Waals surface area (Å²) in [7, 11) is 0. The normalized spacial score (nSPS) is 17.5.